The van der Waals surface area contributed by atoms with E-state index in [-0.39, 0.29) is 11.0 Å². The summed E-state index contributed by atoms with van der Waals surface area (Å²) in [5, 5.41) is 10.5. The van der Waals surface area contributed by atoms with Gasteiger partial charge in [-0.15, -0.1) is 0 Å². The number of fused-ring (bicyclic) bond motifs is 3. The first kappa shape index (κ1) is 17.2. The minimum Gasteiger partial charge on any atom is -0.478 e. The molecule has 0 unspecified atom stereocenters. The highest BCUT2D eigenvalue weighted by Crippen LogP contribution is 2.56. The number of carboxylic acid groups (broad SMARTS) is 1. The summed E-state index contributed by atoms with van der Waals surface area (Å²) in [5.41, 5.74) is 11.2. The maximum atomic E-state index is 12.3. The van der Waals surface area contributed by atoms with Crippen molar-refractivity contribution in [3.05, 3.63) is 39.8 Å². The lowest BCUT2D eigenvalue weighted by molar-refractivity contribution is 0.0374. The molecule has 5 rings (SSSR count). The molecule has 6 nitrogen and oxygen atoms in total. The summed E-state index contributed by atoms with van der Waals surface area (Å²) >= 11 is 6.13. The Morgan fingerprint density at radius 1 is 1.41 bits per heavy atom. The number of hydrogen-bond acceptors (Lipinski definition) is 4. The lowest BCUT2D eigenvalue weighted by atomic mass is 9.67. The van der Waals surface area contributed by atoms with Crippen LogP contribution < -0.4 is 5.73 Å². The Labute approximate surface area is 162 Å². The highest BCUT2D eigenvalue weighted by atomic mass is 35.5. The average molecular weight is 387 g/mol. The van der Waals surface area contributed by atoms with Crippen LogP contribution in [0.3, 0.4) is 0 Å². The number of rotatable bonds is 4. The number of pyridine rings is 1. The van der Waals surface area contributed by atoms with Crippen LogP contribution in [0.2, 0.25) is 5.15 Å². The highest BCUT2D eigenvalue weighted by Gasteiger charge is 2.64. The Balaban J connectivity index is 1.72. The van der Waals surface area contributed by atoms with Crippen molar-refractivity contribution in [1.29, 1.82) is 0 Å². The molecule has 0 amide bonds. The van der Waals surface area contributed by atoms with Crippen molar-refractivity contribution >= 4 is 17.6 Å². The van der Waals surface area contributed by atoms with Crippen LogP contribution in [-0.2, 0) is 18.3 Å². The fourth-order valence-corrected chi connectivity index (χ4v) is 5.20. The molecule has 142 valence electrons. The first-order valence-corrected chi connectivity index (χ1v) is 9.91. The maximum absolute atomic E-state index is 12.3. The lowest BCUT2D eigenvalue weighted by Crippen LogP contribution is -2.69. The predicted molar refractivity (Wildman–Crippen MR) is 103 cm³/mol. The van der Waals surface area contributed by atoms with E-state index in [1.807, 2.05) is 6.07 Å². The zero-order valence-electron chi connectivity index (χ0n) is 15.3. The van der Waals surface area contributed by atoms with Crippen molar-refractivity contribution in [3.8, 4) is 11.3 Å². The van der Waals surface area contributed by atoms with Gasteiger partial charge in [0.15, 0.2) is 0 Å². The lowest BCUT2D eigenvalue weighted by Gasteiger charge is -2.53. The minimum absolute atomic E-state index is 0.310. The van der Waals surface area contributed by atoms with Crippen LogP contribution in [0.25, 0.3) is 11.3 Å². The number of nitrogens with one attached hydrogen (secondary N) is 1. The third-order valence-corrected chi connectivity index (χ3v) is 7.05. The second-order valence-electron chi connectivity index (χ2n) is 8.24. The number of carboxylic acids is 1. The van der Waals surface area contributed by atoms with Gasteiger partial charge in [-0.25, -0.2) is 9.78 Å². The van der Waals surface area contributed by atoms with E-state index in [1.54, 1.807) is 6.20 Å². The van der Waals surface area contributed by atoms with Crippen LogP contribution >= 0.6 is 11.6 Å². The van der Waals surface area contributed by atoms with Crippen LogP contribution in [-0.4, -0.2) is 51.1 Å². The number of aromatic carboxylic acids is 1. The molecule has 7 heteroatoms. The van der Waals surface area contributed by atoms with Gasteiger partial charge in [-0.05, 0) is 49.4 Å². The number of H-pyrrole nitrogens is 1. The van der Waals surface area contributed by atoms with E-state index in [0.717, 1.165) is 67.0 Å². The molecular formula is C20H23ClN4O2. The number of aryl methyl sites for hydroxylation is 1. The molecule has 1 saturated heterocycles. The zero-order chi connectivity index (χ0) is 19.0. The normalized spacial score (nSPS) is 21.9. The Kier molecular flexibility index (Phi) is 3.55. The number of hydrogen-bond donors (Lipinski definition) is 3. The van der Waals surface area contributed by atoms with Gasteiger partial charge in [0.2, 0.25) is 0 Å². The molecule has 0 aromatic carbocycles. The summed E-state index contributed by atoms with van der Waals surface area (Å²) in [4.78, 5) is 22.3. The topological polar surface area (TPSA) is 95.2 Å². The predicted octanol–water partition coefficient (Wildman–Crippen LogP) is 2.59. The van der Waals surface area contributed by atoms with Gasteiger partial charge in [0.05, 0.1) is 16.7 Å². The first-order chi connectivity index (χ1) is 12.9. The number of halogens is 1. The van der Waals surface area contributed by atoms with Crippen molar-refractivity contribution in [2.45, 2.75) is 43.6 Å². The van der Waals surface area contributed by atoms with E-state index < -0.39 is 5.97 Å². The SMILES string of the molecule is CCN1CC(c2[nH]c3c(c2C(=O)O)CCc2cnc(Cl)cc2-3)(C2(N)CC2)C1. The van der Waals surface area contributed by atoms with Gasteiger partial charge in [-0.3, -0.25) is 0 Å². The molecule has 1 saturated carbocycles. The van der Waals surface area contributed by atoms with Crippen LogP contribution in [0.4, 0.5) is 0 Å². The molecule has 1 aliphatic heterocycles. The summed E-state index contributed by atoms with van der Waals surface area (Å²) in [6, 6.07) is 1.84. The number of likely N-dealkylation sites (N-methyl/N-ethyl adjacent to an activating group) is 1. The number of nitrogens with zero attached hydrogens (tertiary/aromatic N) is 2. The molecule has 3 heterocycles. The van der Waals surface area contributed by atoms with Gasteiger partial charge in [0, 0.05) is 36.1 Å². The van der Waals surface area contributed by atoms with Crippen molar-refractivity contribution in [1.82, 2.24) is 14.9 Å². The molecule has 0 bridgehead atoms. The van der Waals surface area contributed by atoms with E-state index in [0.29, 0.717) is 17.1 Å². The second-order valence-corrected chi connectivity index (χ2v) is 8.63. The summed E-state index contributed by atoms with van der Waals surface area (Å²) in [7, 11) is 0. The summed E-state index contributed by atoms with van der Waals surface area (Å²) in [6.07, 6.45) is 5.14. The third kappa shape index (κ3) is 2.27. The van der Waals surface area contributed by atoms with Gasteiger partial charge in [0.1, 0.15) is 5.15 Å². The zero-order valence-corrected chi connectivity index (χ0v) is 16.1. The highest BCUT2D eigenvalue weighted by molar-refractivity contribution is 6.29. The number of aromatic amines is 1. The molecule has 0 radical (unpaired) electrons. The van der Waals surface area contributed by atoms with E-state index in [2.05, 4.69) is 21.8 Å². The smallest absolute Gasteiger partial charge is 0.337 e. The van der Waals surface area contributed by atoms with E-state index in [1.165, 1.54) is 0 Å². The van der Waals surface area contributed by atoms with E-state index in [9.17, 15) is 9.90 Å². The van der Waals surface area contributed by atoms with Crippen molar-refractivity contribution in [3.63, 3.8) is 0 Å². The largest absolute Gasteiger partial charge is 0.478 e. The minimum atomic E-state index is -0.871. The van der Waals surface area contributed by atoms with Crippen LogP contribution in [0, 0.1) is 0 Å². The molecule has 0 atom stereocenters. The first-order valence-electron chi connectivity index (χ1n) is 9.53. The Hall–Kier alpha value is -1.89. The molecule has 27 heavy (non-hydrogen) atoms. The third-order valence-electron chi connectivity index (χ3n) is 6.84. The molecule has 2 aromatic rings. The number of carbonyl (C=O) groups is 1. The maximum Gasteiger partial charge on any atom is 0.337 e. The Bertz CT molecular complexity index is 957. The second kappa shape index (κ2) is 5.56. The van der Waals surface area contributed by atoms with Crippen molar-refractivity contribution < 1.29 is 9.90 Å². The monoisotopic (exact) mass is 386 g/mol. The summed E-state index contributed by atoms with van der Waals surface area (Å²) in [5.74, 6) is -0.871. The average Bonchev–Trinajstić information content (AvgIpc) is 3.21. The molecular weight excluding hydrogens is 364 g/mol. The molecule has 2 fully saturated rings. The van der Waals surface area contributed by atoms with Crippen LogP contribution in [0.15, 0.2) is 12.3 Å². The molecule has 4 N–H and O–H groups in total. The standard InChI is InChI=1S/C20H23ClN4O2/c1-2-25-9-19(10-25,20(22)5-6-20)17-15(18(26)27)12-4-3-11-8-23-14(21)7-13(11)16(12)24-17/h7-8,24H,2-6,9-10,22H2,1H3,(H,26,27). The van der Waals surface area contributed by atoms with Crippen molar-refractivity contribution in [2.75, 3.05) is 19.6 Å². The fourth-order valence-electron chi connectivity index (χ4n) is 5.04. The molecule has 2 aliphatic carbocycles. The van der Waals surface area contributed by atoms with Crippen LogP contribution in [0.5, 0.6) is 0 Å². The number of likely N-dealkylation sites (tertiary alicyclic amines) is 1. The van der Waals surface area contributed by atoms with E-state index in [4.69, 9.17) is 17.3 Å². The van der Waals surface area contributed by atoms with Crippen LogP contribution in [0.1, 0.15) is 46.9 Å². The molecule has 3 aliphatic rings. The van der Waals surface area contributed by atoms with E-state index >= 15 is 0 Å². The summed E-state index contributed by atoms with van der Waals surface area (Å²) < 4.78 is 0. The summed E-state index contributed by atoms with van der Waals surface area (Å²) in [6.45, 7) is 4.70. The van der Waals surface area contributed by atoms with Gasteiger partial charge in [0.25, 0.3) is 0 Å². The Morgan fingerprint density at radius 2 is 2.15 bits per heavy atom. The quantitative estimate of drug-likeness (QED) is 0.702. The molecule has 2 aromatic heterocycles. The number of nitrogens with two attached hydrogens (primary N) is 1. The van der Waals surface area contributed by atoms with Gasteiger partial charge >= 0.3 is 5.97 Å². The van der Waals surface area contributed by atoms with Crippen molar-refractivity contribution in [2.24, 2.45) is 5.73 Å². The Morgan fingerprint density at radius 3 is 2.78 bits per heavy atom. The molecule has 0 spiro atoms. The van der Waals surface area contributed by atoms with Gasteiger partial charge in [-0.1, -0.05) is 18.5 Å². The van der Waals surface area contributed by atoms with Gasteiger partial charge in [-0.2, -0.15) is 0 Å². The number of aromatic nitrogens is 2. The van der Waals surface area contributed by atoms with Gasteiger partial charge < -0.3 is 20.7 Å². The fraction of sp³-hybridized carbons (Fsp3) is 0.500.